The van der Waals surface area contributed by atoms with Crippen molar-refractivity contribution in [3.8, 4) is 89.4 Å². The maximum absolute atomic E-state index is 6.63. The third kappa shape index (κ3) is 4.41. The molecule has 0 aromatic heterocycles. The Hall–Kier alpha value is -7.22. The van der Waals surface area contributed by atoms with E-state index in [1.165, 1.54) is 99.3 Å². The molecule has 1 heteroatoms. The Morgan fingerprint density at radius 2 is 0.818 bits per heavy atom. The summed E-state index contributed by atoms with van der Waals surface area (Å²) in [5.74, 6) is 1.79. The third-order valence-electron chi connectivity index (χ3n) is 11.8. The molecular formula is C54H32O. The van der Waals surface area contributed by atoms with Gasteiger partial charge in [-0.3, -0.25) is 0 Å². The third-order valence-corrected chi connectivity index (χ3v) is 11.8. The summed E-state index contributed by atoms with van der Waals surface area (Å²) in [5.41, 5.74) is 17.4. The van der Waals surface area contributed by atoms with E-state index in [0.717, 1.165) is 22.4 Å². The highest BCUT2D eigenvalue weighted by molar-refractivity contribution is 6.27. The van der Waals surface area contributed by atoms with Crippen LogP contribution in [-0.2, 0) is 0 Å². The molecule has 0 atom stereocenters. The normalized spacial score (nSPS) is 12.1. The molecule has 1 aliphatic heterocycles. The maximum atomic E-state index is 6.63. The summed E-state index contributed by atoms with van der Waals surface area (Å²) in [6.45, 7) is 0. The van der Waals surface area contributed by atoms with Crippen molar-refractivity contribution in [1.82, 2.24) is 0 Å². The molecule has 2 aliphatic rings. The van der Waals surface area contributed by atoms with Gasteiger partial charge in [-0.1, -0.05) is 170 Å². The summed E-state index contributed by atoms with van der Waals surface area (Å²) in [4.78, 5) is 0. The SMILES string of the molecule is c1ccc(-c2ccc3c(c2)-c2cccc4c(-c5cccc(-c6c7c(c(-c8ccccc8)c8ccccc68)-c6cccc8cccc-7c68)c5)ccc(c24)O3)cc1. The first kappa shape index (κ1) is 30.3. The largest absolute Gasteiger partial charge is 0.456 e. The number of fused-ring (bicyclic) bond motifs is 6. The van der Waals surface area contributed by atoms with Gasteiger partial charge in [-0.2, -0.15) is 0 Å². The molecule has 1 heterocycles. The van der Waals surface area contributed by atoms with Crippen molar-refractivity contribution in [1.29, 1.82) is 0 Å². The molecule has 254 valence electrons. The molecule has 10 aromatic carbocycles. The summed E-state index contributed by atoms with van der Waals surface area (Å²) in [7, 11) is 0. The van der Waals surface area contributed by atoms with Crippen LogP contribution in [-0.4, -0.2) is 0 Å². The second kappa shape index (κ2) is 11.6. The van der Waals surface area contributed by atoms with Gasteiger partial charge in [-0.25, -0.2) is 0 Å². The molecule has 1 aliphatic carbocycles. The number of ether oxygens (including phenoxy) is 1. The number of rotatable bonds is 4. The van der Waals surface area contributed by atoms with E-state index in [2.05, 4.69) is 194 Å². The molecule has 55 heavy (non-hydrogen) atoms. The summed E-state index contributed by atoms with van der Waals surface area (Å²) in [5, 5.41) is 7.49. The standard InChI is InChI=1S/C54H32O/c1-3-13-33(14-4-1)36-27-29-47-46(32-36)43-24-12-23-40-39(28-30-48(55-47)52(40)43)37-19-9-20-38(31-37)51-42-22-8-7-21-41(42)50(35-15-5-2-6-16-35)53-44-25-10-17-34-18-11-26-45(49(34)44)54(51)53/h1-32H. The van der Waals surface area contributed by atoms with E-state index in [1.54, 1.807) is 0 Å². The van der Waals surface area contributed by atoms with Crippen molar-refractivity contribution in [3.05, 3.63) is 194 Å². The van der Waals surface area contributed by atoms with Gasteiger partial charge in [0.25, 0.3) is 0 Å². The zero-order chi connectivity index (χ0) is 36.0. The van der Waals surface area contributed by atoms with Crippen LogP contribution < -0.4 is 4.74 Å². The predicted octanol–water partition coefficient (Wildman–Crippen LogP) is 15.2. The van der Waals surface area contributed by atoms with Crippen LogP contribution in [0.5, 0.6) is 11.5 Å². The minimum Gasteiger partial charge on any atom is -0.456 e. The van der Waals surface area contributed by atoms with Crippen molar-refractivity contribution in [2.24, 2.45) is 0 Å². The minimum atomic E-state index is 0.894. The van der Waals surface area contributed by atoms with Crippen LogP contribution in [0.3, 0.4) is 0 Å². The fourth-order valence-corrected chi connectivity index (χ4v) is 9.48. The van der Waals surface area contributed by atoms with E-state index in [-0.39, 0.29) is 0 Å². The van der Waals surface area contributed by atoms with E-state index in [0.29, 0.717) is 0 Å². The van der Waals surface area contributed by atoms with Gasteiger partial charge in [0.1, 0.15) is 11.5 Å². The molecule has 0 bridgehead atoms. The van der Waals surface area contributed by atoms with E-state index >= 15 is 0 Å². The summed E-state index contributed by atoms with van der Waals surface area (Å²) < 4.78 is 6.63. The fourth-order valence-electron chi connectivity index (χ4n) is 9.48. The van der Waals surface area contributed by atoms with Gasteiger partial charge in [-0.05, 0) is 124 Å². The molecule has 10 aromatic rings. The molecule has 0 N–H and O–H groups in total. The maximum Gasteiger partial charge on any atom is 0.135 e. The van der Waals surface area contributed by atoms with Crippen LogP contribution in [0.25, 0.3) is 110 Å². The second-order valence-corrected chi connectivity index (χ2v) is 14.7. The Kier molecular flexibility index (Phi) is 6.40. The van der Waals surface area contributed by atoms with Crippen LogP contribution in [0.4, 0.5) is 0 Å². The van der Waals surface area contributed by atoms with E-state index in [9.17, 15) is 0 Å². The summed E-state index contributed by atoms with van der Waals surface area (Å²) in [6, 6.07) is 70.9. The van der Waals surface area contributed by atoms with Crippen LogP contribution in [0.15, 0.2) is 194 Å². The van der Waals surface area contributed by atoms with E-state index in [4.69, 9.17) is 4.74 Å². The van der Waals surface area contributed by atoms with Crippen LogP contribution in [0, 0.1) is 0 Å². The predicted molar refractivity (Wildman–Crippen MR) is 231 cm³/mol. The first-order valence-corrected chi connectivity index (χ1v) is 19.0. The molecule has 0 saturated heterocycles. The van der Waals surface area contributed by atoms with Crippen molar-refractivity contribution in [2.75, 3.05) is 0 Å². The van der Waals surface area contributed by atoms with E-state index in [1.807, 2.05) is 0 Å². The highest BCUT2D eigenvalue weighted by Gasteiger charge is 2.30. The topological polar surface area (TPSA) is 9.23 Å². The smallest absolute Gasteiger partial charge is 0.135 e. The van der Waals surface area contributed by atoms with Gasteiger partial charge >= 0.3 is 0 Å². The van der Waals surface area contributed by atoms with Gasteiger partial charge in [-0.15, -0.1) is 0 Å². The number of benzene rings is 10. The monoisotopic (exact) mass is 696 g/mol. The van der Waals surface area contributed by atoms with Crippen molar-refractivity contribution >= 4 is 32.3 Å². The van der Waals surface area contributed by atoms with Crippen molar-refractivity contribution in [2.45, 2.75) is 0 Å². The summed E-state index contributed by atoms with van der Waals surface area (Å²) in [6.07, 6.45) is 0. The van der Waals surface area contributed by atoms with Crippen molar-refractivity contribution < 1.29 is 4.74 Å². The zero-order valence-corrected chi connectivity index (χ0v) is 29.9. The lowest BCUT2D eigenvalue weighted by atomic mass is 9.82. The molecule has 0 amide bonds. The van der Waals surface area contributed by atoms with Crippen LogP contribution in [0.2, 0.25) is 0 Å². The Morgan fingerprint density at radius 3 is 1.56 bits per heavy atom. The lowest BCUT2D eigenvalue weighted by molar-refractivity contribution is 0.487. The zero-order valence-electron chi connectivity index (χ0n) is 29.9. The first-order valence-electron chi connectivity index (χ1n) is 19.0. The number of hydrogen-bond acceptors (Lipinski definition) is 1. The molecule has 1 nitrogen and oxygen atoms in total. The summed E-state index contributed by atoms with van der Waals surface area (Å²) >= 11 is 0. The molecule has 12 rings (SSSR count). The molecular weight excluding hydrogens is 665 g/mol. The number of hydrogen-bond donors (Lipinski definition) is 0. The van der Waals surface area contributed by atoms with Gasteiger partial charge < -0.3 is 4.74 Å². The van der Waals surface area contributed by atoms with Gasteiger partial charge in [0, 0.05) is 10.9 Å². The minimum absolute atomic E-state index is 0.894. The molecule has 0 saturated carbocycles. The average Bonchev–Trinajstić information content (AvgIpc) is 3.58. The lowest BCUT2D eigenvalue weighted by Gasteiger charge is -2.23. The van der Waals surface area contributed by atoms with Crippen LogP contribution >= 0.6 is 0 Å². The molecule has 0 unspecified atom stereocenters. The lowest BCUT2D eigenvalue weighted by Crippen LogP contribution is -1.98. The second-order valence-electron chi connectivity index (χ2n) is 14.7. The fraction of sp³-hybridized carbons (Fsp3) is 0. The Morgan fingerprint density at radius 1 is 0.255 bits per heavy atom. The molecule has 0 spiro atoms. The highest BCUT2D eigenvalue weighted by Crippen LogP contribution is 2.58. The highest BCUT2D eigenvalue weighted by atomic mass is 16.5. The van der Waals surface area contributed by atoms with Gasteiger partial charge in [0.2, 0.25) is 0 Å². The first-order chi connectivity index (χ1) is 27.3. The Labute approximate surface area is 319 Å². The van der Waals surface area contributed by atoms with E-state index < -0.39 is 0 Å². The van der Waals surface area contributed by atoms with Crippen LogP contribution in [0.1, 0.15) is 0 Å². The van der Waals surface area contributed by atoms with Crippen molar-refractivity contribution in [3.63, 3.8) is 0 Å². The molecule has 0 fully saturated rings. The molecule has 0 radical (unpaired) electrons. The van der Waals surface area contributed by atoms with Gasteiger partial charge in [0.15, 0.2) is 0 Å². The quantitative estimate of drug-likeness (QED) is 0.178. The Bertz CT molecular complexity index is 3200. The Balaban J connectivity index is 1.09. The van der Waals surface area contributed by atoms with Gasteiger partial charge in [0.05, 0.1) is 0 Å². The average molecular weight is 697 g/mol.